The lowest BCUT2D eigenvalue weighted by Crippen LogP contribution is -2.11. The second-order valence-corrected chi connectivity index (χ2v) is 7.56. The van der Waals surface area contributed by atoms with E-state index >= 15 is 0 Å². The highest BCUT2D eigenvalue weighted by Gasteiger charge is 2.25. The van der Waals surface area contributed by atoms with Gasteiger partial charge in [-0.05, 0) is 35.4 Å². The smallest absolute Gasteiger partial charge is 0.220 e. The van der Waals surface area contributed by atoms with Gasteiger partial charge < -0.3 is 0 Å². The van der Waals surface area contributed by atoms with Gasteiger partial charge in [-0.25, -0.2) is 0 Å². The predicted octanol–water partition coefficient (Wildman–Crippen LogP) is 4.84. The maximum absolute atomic E-state index is 11.4. The molecule has 0 N–H and O–H groups in total. The Bertz CT molecular complexity index is 1120. The van der Waals surface area contributed by atoms with E-state index in [1.54, 1.807) is 0 Å². The Morgan fingerprint density at radius 1 is 1.00 bits per heavy atom. The van der Waals surface area contributed by atoms with Crippen molar-refractivity contribution in [3.05, 3.63) is 94.3 Å². The quantitative estimate of drug-likeness (QED) is 0.268. The number of benzene rings is 3. The van der Waals surface area contributed by atoms with Gasteiger partial charge in [-0.15, -0.1) is 10.2 Å². The third-order valence-corrected chi connectivity index (χ3v) is 5.70. The second kappa shape index (κ2) is 7.82. The van der Waals surface area contributed by atoms with E-state index < -0.39 is 0 Å². The standard InChI is InChI=1S/C21H18N4O2S/c1-15-22-23-21(25(15)17-10-3-2-4-11-17)28-20(14-24(26)27)19-13-7-9-16-8-5-6-12-18(16)19/h2-13,20H,14H2,1H3/t20-/m1/s1. The average molecular weight is 390 g/mol. The Balaban J connectivity index is 1.78. The zero-order valence-corrected chi connectivity index (χ0v) is 16.0. The van der Waals surface area contributed by atoms with Crippen LogP contribution in [0.25, 0.3) is 16.5 Å². The maximum atomic E-state index is 11.4. The molecule has 3 aromatic carbocycles. The summed E-state index contributed by atoms with van der Waals surface area (Å²) in [5.41, 5.74) is 1.87. The molecule has 28 heavy (non-hydrogen) atoms. The minimum absolute atomic E-state index is 0.195. The summed E-state index contributed by atoms with van der Waals surface area (Å²) in [7, 11) is 0. The molecule has 0 unspecified atom stereocenters. The van der Waals surface area contributed by atoms with Gasteiger partial charge in [0.15, 0.2) is 5.16 Å². The monoisotopic (exact) mass is 390 g/mol. The molecular formula is C21H18N4O2S. The minimum Gasteiger partial charge on any atom is -0.274 e. The van der Waals surface area contributed by atoms with Gasteiger partial charge in [-0.2, -0.15) is 0 Å². The molecule has 0 aliphatic heterocycles. The highest BCUT2D eigenvalue weighted by Crippen LogP contribution is 2.38. The van der Waals surface area contributed by atoms with Crippen molar-refractivity contribution in [3.63, 3.8) is 0 Å². The fourth-order valence-electron chi connectivity index (χ4n) is 3.29. The van der Waals surface area contributed by atoms with Crippen LogP contribution in [-0.2, 0) is 0 Å². The van der Waals surface area contributed by atoms with Gasteiger partial charge in [0.05, 0.1) is 0 Å². The molecule has 4 rings (SSSR count). The summed E-state index contributed by atoms with van der Waals surface area (Å²) in [6.45, 7) is 1.68. The van der Waals surface area contributed by atoms with Crippen molar-refractivity contribution in [1.29, 1.82) is 0 Å². The van der Waals surface area contributed by atoms with Crippen molar-refractivity contribution in [2.75, 3.05) is 6.54 Å². The molecule has 1 heterocycles. The lowest BCUT2D eigenvalue weighted by Gasteiger charge is -2.16. The second-order valence-electron chi connectivity index (χ2n) is 6.39. The summed E-state index contributed by atoms with van der Waals surface area (Å²) in [5, 5.41) is 22.3. The third-order valence-electron chi connectivity index (χ3n) is 4.54. The molecule has 0 spiro atoms. The molecule has 1 atom stereocenters. The number of nitrogens with zero attached hydrogens (tertiary/aromatic N) is 4. The molecule has 1 aromatic heterocycles. The van der Waals surface area contributed by atoms with Crippen LogP contribution in [0.15, 0.2) is 78.0 Å². The summed E-state index contributed by atoms with van der Waals surface area (Å²) in [6.07, 6.45) is 0. The van der Waals surface area contributed by atoms with E-state index in [9.17, 15) is 10.1 Å². The summed E-state index contributed by atoms with van der Waals surface area (Å²) in [4.78, 5) is 11.2. The Labute approximate surface area is 166 Å². The number of para-hydroxylation sites is 1. The van der Waals surface area contributed by atoms with Gasteiger partial charge in [0.2, 0.25) is 6.54 Å². The summed E-state index contributed by atoms with van der Waals surface area (Å²) in [6, 6.07) is 23.7. The molecule has 0 bridgehead atoms. The number of hydrogen-bond acceptors (Lipinski definition) is 5. The third kappa shape index (κ3) is 3.61. The van der Waals surface area contributed by atoms with E-state index in [4.69, 9.17) is 0 Å². The van der Waals surface area contributed by atoms with E-state index in [-0.39, 0.29) is 16.7 Å². The average Bonchev–Trinajstić information content (AvgIpc) is 3.07. The van der Waals surface area contributed by atoms with Crippen LogP contribution in [0.5, 0.6) is 0 Å². The van der Waals surface area contributed by atoms with E-state index in [0.717, 1.165) is 27.8 Å². The van der Waals surface area contributed by atoms with Crippen LogP contribution < -0.4 is 0 Å². The van der Waals surface area contributed by atoms with Crippen molar-refractivity contribution < 1.29 is 4.92 Å². The van der Waals surface area contributed by atoms with Crippen LogP contribution in [-0.4, -0.2) is 26.2 Å². The zero-order chi connectivity index (χ0) is 19.5. The molecule has 0 fully saturated rings. The van der Waals surface area contributed by atoms with Crippen molar-refractivity contribution in [2.45, 2.75) is 17.3 Å². The first-order valence-corrected chi connectivity index (χ1v) is 9.75. The van der Waals surface area contributed by atoms with Crippen molar-refractivity contribution >= 4 is 22.5 Å². The van der Waals surface area contributed by atoms with E-state index in [1.165, 1.54) is 11.8 Å². The SMILES string of the molecule is Cc1nnc(S[C@H](C[N+](=O)[O-])c2cccc3ccccc23)n1-c1ccccc1. The number of hydrogen-bond donors (Lipinski definition) is 0. The molecule has 0 saturated heterocycles. The van der Waals surface area contributed by atoms with Crippen molar-refractivity contribution in [1.82, 2.24) is 14.8 Å². The normalized spacial score (nSPS) is 12.2. The molecule has 0 saturated carbocycles. The van der Waals surface area contributed by atoms with Crippen molar-refractivity contribution in [2.24, 2.45) is 0 Å². The van der Waals surface area contributed by atoms with Crippen LogP contribution in [0, 0.1) is 17.0 Å². The lowest BCUT2D eigenvalue weighted by molar-refractivity contribution is -0.479. The molecule has 0 amide bonds. The fraction of sp³-hybridized carbons (Fsp3) is 0.143. The van der Waals surface area contributed by atoms with Gasteiger partial charge in [0, 0.05) is 10.6 Å². The first-order chi connectivity index (χ1) is 13.6. The van der Waals surface area contributed by atoms with E-state index in [1.807, 2.05) is 84.3 Å². The first kappa shape index (κ1) is 18.2. The van der Waals surface area contributed by atoms with Gasteiger partial charge in [-0.1, -0.05) is 72.4 Å². The number of thioether (sulfide) groups is 1. The van der Waals surface area contributed by atoms with Crippen LogP contribution in [0.2, 0.25) is 0 Å². The molecule has 4 aromatic rings. The van der Waals surface area contributed by atoms with Crippen LogP contribution >= 0.6 is 11.8 Å². The number of fused-ring (bicyclic) bond motifs is 1. The minimum atomic E-state index is -0.382. The Morgan fingerprint density at radius 3 is 2.50 bits per heavy atom. The Morgan fingerprint density at radius 2 is 1.71 bits per heavy atom. The predicted molar refractivity (Wildman–Crippen MR) is 111 cm³/mol. The fourth-order valence-corrected chi connectivity index (χ4v) is 4.50. The Kier molecular flexibility index (Phi) is 5.08. The summed E-state index contributed by atoms with van der Waals surface area (Å²) in [5.74, 6) is 0.742. The summed E-state index contributed by atoms with van der Waals surface area (Å²) < 4.78 is 1.93. The molecular weight excluding hydrogens is 372 g/mol. The molecule has 7 heteroatoms. The van der Waals surface area contributed by atoms with Gasteiger partial charge in [0.25, 0.3) is 0 Å². The number of aryl methyl sites for hydroxylation is 1. The van der Waals surface area contributed by atoms with Crippen LogP contribution in [0.3, 0.4) is 0 Å². The maximum Gasteiger partial charge on any atom is 0.220 e. The van der Waals surface area contributed by atoms with Gasteiger partial charge in [-0.3, -0.25) is 14.7 Å². The largest absolute Gasteiger partial charge is 0.274 e. The molecule has 0 aliphatic carbocycles. The molecule has 0 aliphatic rings. The van der Waals surface area contributed by atoms with E-state index in [0.29, 0.717) is 5.16 Å². The van der Waals surface area contributed by atoms with Crippen LogP contribution in [0.1, 0.15) is 16.6 Å². The topological polar surface area (TPSA) is 73.8 Å². The number of nitro groups is 1. The molecule has 0 radical (unpaired) electrons. The van der Waals surface area contributed by atoms with Gasteiger partial charge >= 0.3 is 0 Å². The Hall–Kier alpha value is -3.19. The van der Waals surface area contributed by atoms with Gasteiger partial charge in [0.1, 0.15) is 11.1 Å². The molecule has 6 nitrogen and oxygen atoms in total. The highest BCUT2D eigenvalue weighted by molar-refractivity contribution is 7.99. The van der Waals surface area contributed by atoms with Crippen LogP contribution in [0.4, 0.5) is 0 Å². The number of aromatic nitrogens is 3. The van der Waals surface area contributed by atoms with E-state index in [2.05, 4.69) is 10.2 Å². The summed E-state index contributed by atoms with van der Waals surface area (Å²) >= 11 is 1.37. The molecule has 140 valence electrons. The highest BCUT2D eigenvalue weighted by atomic mass is 32.2. The first-order valence-electron chi connectivity index (χ1n) is 8.87. The van der Waals surface area contributed by atoms with Crippen molar-refractivity contribution in [3.8, 4) is 5.69 Å². The number of rotatable bonds is 6. The lowest BCUT2D eigenvalue weighted by atomic mass is 10.0. The zero-order valence-electron chi connectivity index (χ0n) is 15.2.